The van der Waals surface area contributed by atoms with Gasteiger partial charge in [0, 0.05) is 24.6 Å². The normalized spacial score (nSPS) is 12.2. The number of alkyl halides is 3. The van der Waals surface area contributed by atoms with Crippen molar-refractivity contribution in [3.8, 4) is 0 Å². The molecular formula is C25H21F5N2O3S. The number of pyridine rings is 1. The van der Waals surface area contributed by atoms with E-state index in [2.05, 4.69) is 10.3 Å². The quantitative estimate of drug-likeness (QED) is 0.336. The lowest BCUT2D eigenvalue weighted by Gasteiger charge is -2.11. The van der Waals surface area contributed by atoms with E-state index in [9.17, 15) is 35.2 Å². The van der Waals surface area contributed by atoms with Crippen LogP contribution in [0.2, 0.25) is 0 Å². The SMILES string of the molecule is CS(=O)(=O)c1c(F)cc(CNC(=O)C=Cc2ccc(C(F)(F)F)nc2CCc2ccccc2)cc1F. The largest absolute Gasteiger partial charge is 0.433 e. The number of rotatable bonds is 8. The Labute approximate surface area is 204 Å². The van der Waals surface area contributed by atoms with Crippen LogP contribution in [0.1, 0.15) is 28.1 Å². The van der Waals surface area contributed by atoms with Crippen LogP contribution in [-0.2, 0) is 40.2 Å². The Hall–Kier alpha value is -3.60. The first-order valence-electron chi connectivity index (χ1n) is 10.6. The number of aryl methyl sites for hydroxylation is 2. The molecule has 3 aromatic rings. The van der Waals surface area contributed by atoms with E-state index in [1.165, 1.54) is 12.1 Å². The van der Waals surface area contributed by atoms with Crippen molar-refractivity contribution >= 4 is 21.8 Å². The molecule has 2 aromatic carbocycles. The minimum atomic E-state index is -4.63. The Bertz CT molecular complexity index is 1370. The van der Waals surface area contributed by atoms with Gasteiger partial charge in [-0.25, -0.2) is 22.2 Å². The summed E-state index contributed by atoms with van der Waals surface area (Å²) in [6.45, 7) is -0.312. The van der Waals surface area contributed by atoms with Gasteiger partial charge in [0.05, 0.1) is 0 Å². The molecular weight excluding hydrogens is 503 g/mol. The molecule has 0 radical (unpaired) electrons. The van der Waals surface area contributed by atoms with Crippen LogP contribution in [0.5, 0.6) is 0 Å². The zero-order valence-electron chi connectivity index (χ0n) is 18.9. The van der Waals surface area contributed by atoms with Crippen LogP contribution in [0.15, 0.2) is 65.6 Å². The number of carbonyl (C=O) groups is 1. The average Bonchev–Trinajstić information content (AvgIpc) is 2.79. The lowest BCUT2D eigenvalue weighted by molar-refractivity contribution is -0.141. The van der Waals surface area contributed by atoms with Crippen LogP contribution >= 0.6 is 0 Å². The van der Waals surface area contributed by atoms with E-state index >= 15 is 0 Å². The van der Waals surface area contributed by atoms with Crippen molar-refractivity contribution in [2.24, 2.45) is 0 Å². The fourth-order valence-electron chi connectivity index (χ4n) is 3.41. The lowest BCUT2D eigenvalue weighted by Crippen LogP contribution is -2.21. The highest BCUT2D eigenvalue weighted by Crippen LogP contribution is 2.29. The molecule has 0 fully saturated rings. The smallest absolute Gasteiger partial charge is 0.348 e. The molecule has 11 heteroatoms. The van der Waals surface area contributed by atoms with Crippen LogP contribution in [0.25, 0.3) is 6.08 Å². The van der Waals surface area contributed by atoms with E-state index in [1.54, 1.807) is 0 Å². The number of hydrogen-bond donors (Lipinski definition) is 1. The zero-order valence-corrected chi connectivity index (χ0v) is 19.8. The van der Waals surface area contributed by atoms with E-state index in [0.29, 0.717) is 18.2 Å². The summed E-state index contributed by atoms with van der Waals surface area (Å²) < 4.78 is 90.5. The summed E-state index contributed by atoms with van der Waals surface area (Å²) >= 11 is 0. The summed E-state index contributed by atoms with van der Waals surface area (Å²) in [5.74, 6) is -3.25. The number of halogens is 5. The van der Waals surface area contributed by atoms with Crippen molar-refractivity contribution in [3.05, 3.63) is 100 Å². The summed E-state index contributed by atoms with van der Waals surface area (Å²) in [6.07, 6.45) is -0.961. The number of nitrogens with one attached hydrogen (secondary N) is 1. The summed E-state index contributed by atoms with van der Waals surface area (Å²) in [5, 5.41) is 2.39. The molecule has 0 unspecified atom stereocenters. The maximum Gasteiger partial charge on any atom is 0.433 e. The van der Waals surface area contributed by atoms with E-state index in [1.807, 2.05) is 30.3 Å². The van der Waals surface area contributed by atoms with E-state index < -0.39 is 44.1 Å². The first-order valence-corrected chi connectivity index (χ1v) is 12.5. The second kappa shape index (κ2) is 11.0. The summed E-state index contributed by atoms with van der Waals surface area (Å²) in [5.41, 5.74) is 0.306. The topological polar surface area (TPSA) is 76.1 Å². The van der Waals surface area contributed by atoms with Crippen LogP contribution in [-0.4, -0.2) is 25.6 Å². The van der Waals surface area contributed by atoms with Gasteiger partial charge >= 0.3 is 6.18 Å². The van der Waals surface area contributed by atoms with Crippen molar-refractivity contribution in [1.29, 1.82) is 0 Å². The monoisotopic (exact) mass is 524 g/mol. The minimum absolute atomic E-state index is 0.0149. The van der Waals surface area contributed by atoms with Crippen molar-refractivity contribution in [1.82, 2.24) is 10.3 Å². The molecule has 0 aliphatic rings. The zero-order chi connectivity index (χ0) is 26.5. The number of nitrogens with zero attached hydrogens (tertiary/aromatic N) is 1. The molecule has 36 heavy (non-hydrogen) atoms. The Morgan fingerprint density at radius 3 is 2.19 bits per heavy atom. The van der Waals surface area contributed by atoms with Crippen LogP contribution < -0.4 is 5.32 Å². The Balaban J connectivity index is 1.74. The van der Waals surface area contributed by atoms with Gasteiger partial charge in [-0.3, -0.25) is 4.79 Å². The molecule has 190 valence electrons. The molecule has 0 aliphatic heterocycles. The Kier molecular flexibility index (Phi) is 8.24. The predicted molar refractivity (Wildman–Crippen MR) is 123 cm³/mol. The molecule has 0 bridgehead atoms. The maximum atomic E-state index is 14.0. The number of carbonyl (C=O) groups excluding carboxylic acids is 1. The van der Waals surface area contributed by atoms with Crippen molar-refractivity contribution in [3.63, 3.8) is 0 Å². The first-order chi connectivity index (χ1) is 16.8. The van der Waals surface area contributed by atoms with Gasteiger partial charge in [0.1, 0.15) is 22.2 Å². The van der Waals surface area contributed by atoms with Gasteiger partial charge in [0.15, 0.2) is 9.84 Å². The van der Waals surface area contributed by atoms with Gasteiger partial charge in [-0.1, -0.05) is 36.4 Å². The number of sulfone groups is 1. The van der Waals surface area contributed by atoms with Gasteiger partial charge in [0.25, 0.3) is 0 Å². The number of aromatic nitrogens is 1. The molecule has 0 atom stereocenters. The molecule has 5 nitrogen and oxygen atoms in total. The Morgan fingerprint density at radius 2 is 1.61 bits per heavy atom. The average molecular weight is 525 g/mol. The lowest BCUT2D eigenvalue weighted by atomic mass is 10.0. The fraction of sp³-hybridized carbons (Fsp3) is 0.200. The van der Waals surface area contributed by atoms with E-state index in [-0.39, 0.29) is 24.2 Å². The molecule has 1 N–H and O–H groups in total. The molecule has 1 amide bonds. The highest BCUT2D eigenvalue weighted by molar-refractivity contribution is 7.90. The molecule has 0 saturated carbocycles. The third-order valence-electron chi connectivity index (χ3n) is 5.10. The molecule has 0 aliphatic carbocycles. The van der Waals surface area contributed by atoms with Gasteiger partial charge in [-0.15, -0.1) is 0 Å². The first kappa shape index (κ1) is 27.0. The van der Waals surface area contributed by atoms with Gasteiger partial charge < -0.3 is 5.32 Å². The van der Waals surface area contributed by atoms with Crippen LogP contribution in [0, 0.1) is 11.6 Å². The fourth-order valence-corrected chi connectivity index (χ4v) is 4.24. The minimum Gasteiger partial charge on any atom is -0.348 e. The molecule has 0 saturated heterocycles. The van der Waals surface area contributed by atoms with E-state index in [0.717, 1.165) is 29.8 Å². The number of hydrogen-bond acceptors (Lipinski definition) is 4. The number of amides is 1. The third kappa shape index (κ3) is 7.20. The standard InChI is InChI=1S/C25H21F5N2O3S/c1-36(34,35)24-19(26)13-17(14-20(24)27)15-31-23(33)12-9-18-8-11-22(25(28,29)30)32-21(18)10-7-16-5-3-2-4-6-16/h2-6,8-9,11-14H,7,10,15H2,1H3,(H,31,33). The highest BCUT2D eigenvalue weighted by Gasteiger charge is 2.32. The second-order valence-electron chi connectivity index (χ2n) is 7.93. The summed E-state index contributed by atoms with van der Waals surface area (Å²) in [6, 6.07) is 12.7. The van der Waals surface area contributed by atoms with Crippen molar-refractivity contribution in [2.75, 3.05) is 6.26 Å². The van der Waals surface area contributed by atoms with E-state index in [4.69, 9.17) is 0 Å². The Morgan fingerprint density at radius 1 is 0.972 bits per heavy atom. The van der Waals surface area contributed by atoms with Crippen molar-refractivity contribution in [2.45, 2.75) is 30.5 Å². The number of benzene rings is 2. The summed E-state index contributed by atoms with van der Waals surface area (Å²) in [4.78, 5) is 14.9. The molecule has 1 heterocycles. The molecule has 3 rings (SSSR count). The maximum absolute atomic E-state index is 14.0. The molecule has 0 spiro atoms. The highest BCUT2D eigenvalue weighted by atomic mass is 32.2. The van der Waals surface area contributed by atoms with Gasteiger partial charge in [0.2, 0.25) is 5.91 Å². The third-order valence-corrected chi connectivity index (χ3v) is 6.23. The predicted octanol–water partition coefficient (Wildman–Crippen LogP) is 4.90. The summed E-state index contributed by atoms with van der Waals surface area (Å²) in [7, 11) is -4.12. The van der Waals surface area contributed by atoms with Crippen LogP contribution in [0.3, 0.4) is 0 Å². The van der Waals surface area contributed by atoms with Gasteiger partial charge in [-0.05, 0) is 53.8 Å². The van der Waals surface area contributed by atoms with Crippen molar-refractivity contribution < 1.29 is 35.2 Å². The van der Waals surface area contributed by atoms with Gasteiger partial charge in [-0.2, -0.15) is 13.2 Å². The second-order valence-corrected chi connectivity index (χ2v) is 9.88. The van der Waals surface area contributed by atoms with Crippen LogP contribution in [0.4, 0.5) is 22.0 Å². The molecule has 1 aromatic heterocycles.